The Balaban J connectivity index is 2.12. The maximum atomic E-state index is 12.4. The van der Waals surface area contributed by atoms with Gasteiger partial charge < -0.3 is 15.8 Å². The fraction of sp³-hybridized carbons (Fsp3) is 0.500. The first kappa shape index (κ1) is 15.5. The van der Waals surface area contributed by atoms with Crippen LogP contribution < -0.4 is 11.1 Å². The second-order valence-corrected chi connectivity index (χ2v) is 5.41. The molecule has 5 heteroatoms. The van der Waals surface area contributed by atoms with Gasteiger partial charge in [0.1, 0.15) is 0 Å². The van der Waals surface area contributed by atoms with Crippen molar-refractivity contribution in [2.45, 2.75) is 25.3 Å². The zero-order valence-electron chi connectivity index (χ0n) is 12.2. The zero-order valence-corrected chi connectivity index (χ0v) is 12.2. The number of hydrogen-bond donors (Lipinski definition) is 2. The number of carbonyl (C=O) groups is 2. The van der Waals surface area contributed by atoms with Crippen molar-refractivity contribution < 1.29 is 14.3 Å². The highest BCUT2D eigenvalue weighted by atomic mass is 16.5. The summed E-state index contributed by atoms with van der Waals surface area (Å²) in [6.07, 6.45) is 2.81. The molecule has 3 N–H and O–H groups in total. The van der Waals surface area contributed by atoms with Gasteiger partial charge in [-0.1, -0.05) is 36.8 Å². The molecule has 1 aromatic rings. The van der Waals surface area contributed by atoms with Gasteiger partial charge >= 0.3 is 5.97 Å². The standard InChI is InChI=1S/C16H22N2O3/c1-21-16(20)14(11-6-3-2-4-7-11)18-15(19)13-9-5-8-12(13)10-17/h2-4,6-7,12-14H,5,8-10,17H2,1H3,(H,18,19). The Kier molecular flexibility index (Phi) is 5.33. The molecule has 0 heterocycles. The van der Waals surface area contributed by atoms with Crippen molar-refractivity contribution in [3.8, 4) is 0 Å². The molecule has 1 aromatic carbocycles. The molecule has 0 aliphatic heterocycles. The molecule has 0 aromatic heterocycles. The molecular formula is C16H22N2O3. The quantitative estimate of drug-likeness (QED) is 0.803. The molecule has 1 saturated carbocycles. The van der Waals surface area contributed by atoms with E-state index in [1.54, 1.807) is 12.1 Å². The normalized spacial score (nSPS) is 22.6. The molecule has 1 aliphatic rings. The van der Waals surface area contributed by atoms with Crippen molar-refractivity contribution >= 4 is 11.9 Å². The Bertz CT molecular complexity index is 490. The van der Waals surface area contributed by atoms with E-state index in [9.17, 15) is 9.59 Å². The summed E-state index contributed by atoms with van der Waals surface area (Å²) >= 11 is 0. The van der Waals surface area contributed by atoms with Crippen molar-refractivity contribution in [3.63, 3.8) is 0 Å². The smallest absolute Gasteiger partial charge is 0.333 e. The number of ether oxygens (including phenoxy) is 1. The number of amides is 1. The third kappa shape index (κ3) is 3.61. The van der Waals surface area contributed by atoms with Crippen molar-refractivity contribution in [1.29, 1.82) is 0 Å². The average Bonchev–Trinajstić information content (AvgIpc) is 3.01. The lowest BCUT2D eigenvalue weighted by molar-refractivity contribution is -0.146. The van der Waals surface area contributed by atoms with Gasteiger partial charge in [-0.15, -0.1) is 0 Å². The van der Waals surface area contributed by atoms with Crippen LogP contribution in [-0.2, 0) is 14.3 Å². The summed E-state index contributed by atoms with van der Waals surface area (Å²) in [6.45, 7) is 0.506. The number of esters is 1. The number of methoxy groups -OCH3 is 1. The van der Waals surface area contributed by atoms with Crippen LogP contribution in [0, 0.1) is 11.8 Å². The molecule has 114 valence electrons. The number of carbonyl (C=O) groups excluding carboxylic acids is 2. The van der Waals surface area contributed by atoms with Crippen LogP contribution in [0.3, 0.4) is 0 Å². The lowest BCUT2D eigenvalue weighted by atomic mass is 9.94. The first-order valence-corrected chi connectivity index (χ1v) is 7.30. The molecule has 2 rings (SSSR count). The minimum Gasteiger partial charge on any atom is -0.467 e. The highest BCUT2D eigenvalue weighted by Crippen LogP contribution is 2.31. The van der Waals surface area contributed by atoms with Gasteiger partial charge in [0.2, 0.25) is 5.91 Å². The summed E-state index contributed by atoms with van der Waals surface area (Å²) in [6, 6.07) is 8.36. The van der Waals surface area contributed by atoms with Crippen LogP contribution in [0.5, 0.6) is 0 Å². The molecule has 1 amide bonds. The Morgan fingerprint density at radius 1 is 1.33 bits per heavy atom. The SMILES string of the molecule is COC(=O)C(NC(=O)C1CCCC1CN)c1ccccc1. The van der Waals surface area contributed by atoms with Crippen molar-refractivity contribution in [2.75, 3.05) is 13.7 Å². The first-order chi connectivity index (χ1) is 10.2. The predicted molar refractivity (Wildman–Crippen MR) is 79.2 cm³/mol. The van der Waals surface area contributed by atoms with Crippen molar-refractivity contribution in [2.24, 2.45) is 17.6 Å². The summed E-state index contributed by atoms with van der Waals surface area (Å²) in [5, 5.41) is 2.82. The average molecular weight is 290 g/mol. The largest absolute Gasteiger partial charge is 0.467 e. The molecule has 0 radical (unpaired) electrons. The van der Waals surface area contributed by atoms with Gasteiger partial charge in [0.15, 0.2) is 6.04 Å². The zero-order chi connectivity index (χ0) is 15.2. The van der Waals surface area contributed by atoms with E-state index in [1.165, 1.54) is 7.11 Å². The van der Waals surface area contributed by atoms with E-state index in [1.807, 2.05) is 18.2 Å². The predicted octanol–water partition coefficient (Wildman–Crippen LogP) is 1.39. The maximum Gasteiger partial charge on any atom is 0.333 e. The van der Waals surface area contributed by atoms with E-state index in [4.69, 9.17) is 10.5 Å². The molecule has 0 saturated heterocycles. The first-order valence-electron chi connectivity index (χ1n) is 7.30. The second-order valence-electron chi connectivity index (χ2n) is 5.41. The minimum atomic E-state index is -0.761. The highest BCUT2D eigenvalue weighted by Gasteiger charge is 2.34. The van der Waals surface area contributed by atoms with Gasteiger partial charge in [0, 0.05) is 5.92 Å². The van der Waals surface area contributed by atoms with Crippen LogP contribution in [-0.4, -0.2) is 25.5 Å². The molecule has 0 bridgehead atoms. The van der Waals surface area contributed by atoms with Crippen LogP contribution in [0.25, 0.3) is 0 Å². The molecule has 21 heavy (non-hydrogen) atoms. The summed E-state index contributed by atoms with van der Waals surface area (Å²) in [5.41, 5.74) is 6.44. The third-order valence-electron chi connectivity index (χ3n) is 4.15. The fourth-order valence-corrected chi connectivity index (χ4v) is 2.96. The maximum absolute atomic E-state index is 12.4. The van der Waals surface area contributed by atoms with Gasteiger partial charge in [-0.25, -0.2) is 4.79 Å². The van der Waals surface area contributed by atoms with E-state index in [0.29, 0.717) is 6.54 Å². The van der Waals surface area contributed by atoms with Crippen molar-refractivity contribution in [3.05, 3.63) is 35.9 Å². The van der Waals surface area contributed by atoms with Crippen LogP contribution >= 0.6 is 0 Å². The molecule has 5 nitrogen and oxygen atoms in total. The van der Waals surface area contributed by atoms with E-state index in [2.05, 4.69) is 5.32 Å². The van der Waals surface area contributed by atoms with E-state index < -0.39 is 12.0 Å². The van der Waals surface area contributed by atoms with E-state index in [0.717, 1.165) is 24.8 Å². The number of nitrogens with two attached hydrogens (primary N) is 1. The van der Waals surface area contributed by atoms with Gasteiger partial charge in [-0.2, -0.15) is 0 Å². The van der Waals surface area contributed by atoms with E-state index in [-0.39, 0.29) is 17.7 Å². The van der Waals surface area contributed by atoms with Crippen LogP contribution in [0.1, 0.15) is 30.9 Å². The van der Waals surface area contributed by atoms with E-state index >= 15 is 0 Å². The van der Waals surface area contributed by atoms with Gasteiger partial charge in [0.25, 0.3) is 0 Å². The number of benzene rings is 1. The lowest BCUT2D eigenvalue weighted by Gasteiger charge is -2.22. The van der Waals surface area contributed by atoms with Gasteiger partial charge in [-0.05, 0) is 30.9 Å². The second kappa shape index (κ2) is 7.22. The number of hydrogen-bond acceptors (Lipinski definition) is 4. The molecule has 0 spiro atoms. The Morgan fingerprint density at radius 2 is 2.05 bits per heavy atom. The van der Waals surface area contributed by atoms with Crippen LogP contribution in [0.4, 0.5) is 0 Å². The third-order valence-corrected chi connectivity index (χ3v) is 4.15. The molecular weight excluding hydrogens is 268 g/mol. The minimum absolute atomic E-state index is 0.106. The Hall–Kier alpha value is -1.88. The summed E-state index contributed by atoms with van der Waals surface area (Å²) in [5.74, 6) is -0.469. The molecule has 3 atom stereocenters. The monoisotopic (exact) mass is 290 g/mol. The highest BCUT2D eigenvalue weighted by molar-refractivity contribution is 5.86. The molecule has 3 unspecified atom stereocenters. The fourth-order valence-electron chi connectivity index (χ4n) is 2.96. The molecule has 1 fully saturated rings. The Labute approximate surface area is 124 Å². The summed E-state index contributed by atoms with van der Waals surface area (Å²) < 4.78 is 4.81. The van der Waals surface area contributed by atoms with Gasteiger partial charge in [-0.3, -0.25) is 4.79 Å². The topological polar surface area (TPSA) is 81.4 Å². The summed E-state index contributed by atoms with van der Waals surface area (Å²) in [4.78, 5) is 24.4. The number of nitrogens with one attached hydrogen (secondary N) is 1. The number of rotatable bonds is 5. The lowest BCUT2D eigenvalue weighted by Crippen LogP contribution is -2.40. The molecule has 1 aliphatic carbocycles. The summed E-state index contributed by atoms with van der Waals surface area (Å²) in [7, 11) is 1.32. The van der Waals surface area contributed by atoms with Crippen LogP contribution in [0.15, 0.2) is 30.3 Å². The Morgan fingerprint density at radius 3 is 2.67 bits per heavy atom. The van der Waals surface area contributed by atoms with Crippen LogP contribution in [0.2, 0.25) is 0 Å². The van der Waals surface area contributed by atoms with Crippen molar-refractivity contribution in [1.82, 2.24) is 5.32 Å². The van der Waals surface area contributed by atoms with Gasteiger partial charge in [0.05, 0.1) is 7.11 Å².